The van der Waals surface area contributed by atoms with Crippen molar-refractivity contribution in [1.29, 1.82) is 0 Å². The van der Waals surface area contributed by atoms with Gasteiger partial charge in [0.25, 0.3) is 0 Å². The zero-order valence-corrected chi connectivity index (χ0v) is 5.92. The van der Waals surface area contributed by atoms with Crippen LogP contribution in [0.15, 0.2) is 0 Å². The predicted molar refractivity (Wildman–Crippen MR) is 34.6 cm³/mol. The standard InChI is InChI=1S/C6H12O5/c7-2-3-1-4(8)5(9)6(10)11-3/h3-10H,1-2H2/t3-,4+,5-,6-/m0/s1. The largest absolute Gasteiger partial charge is 0.394 e. The van der Waals surface area contributed by atoms with Gasteiger partial charge in [-0.25, -0.2) is 0 Å². The summed E-state index contributed by atoms with van der Waals surface area (Å²) in [5.41, 5.74) is 0. The number of aliphatic hydroxyl groups is 4. The Balaban J connectivity index is 2.47. The van der Waals surface area contributed by atoms with E-state index in [2.05, 4.69) is 0 Å². The molecular formula is C6H12O5. The van der Waals surface area contributed by atoms with Crippen LogP contribution in [-0.2, 0) is 4.74 Å². The van der Waals surface area contributed by atoms with Crippen LogP contribution < -0.4 is 0 Å². The molecule has 0 spiro atoms. The first-order chi connectivity index (χ1) is 5.15. The second-order valence-electron chi connectivity index (χ2n) is 2.62. The lowest BCUT2D eigenvalue weighted by atomic mass is 10.0. The van der Waals surface area contributed by atoms with E-state index in [4.69, 9.17) is 25.2 Å². The highest BCUT2D eigenvalue weighted by Crippen LogP contribution is 2.17. The van der Waals surface area contributed by atoms with Crippen LogP contribution in [0.25, 0.3) is 0 Å². The van der Waals surface area contributed by atoms with Gasteiger partial charge in [0.05, 0.1) is 18.8 Å². The summed E-state index contributed by atoms with van der Waals surface area (Å²) in [5, 5.41) is 35.5. The number of hydrogen-bond donors (Lipinski definition) is 4. The van der Waals surface area contributed by atoms with E-state index in [0.29, 0.717) is 0 Å². The molecule has 11 heavy (non-hydrogen) atoms. The van der Waals surface area contributed by atoms with Crippen LogP contribution in [0.3, 0.4) is 0 Å². The first kappa shape index (κ1) is 8.89. The highest BCUT2D eigenvalue weighted by atomic mass is 16.6. The molecule has 0 aromatic carbocycles. The Hall–Kier alpha value is -0.200. The molecule has 0 unspecified atom stereocenters. The maximum atomic E-state index is 9.05. The van der Waals surface area contributed by atoms with Crippen molar-refractivity contribution in [1.82, 2.24) is 0 Å². The van der Waals surface area contributed by atoms with Gasteiger partial charge in [0.1, 0.15) is 6.10 Å². The van der Waals surface area contributed by atoms with Crippen molar-refractivity contribution >= 4 is 0 Å². The summed E-state index contributed by atoms with van der Waals surface area (Å²) in [6.07, 6.45) is -4.11. The molecule has 5 nitrogen and oxygen atoms in total. The van der Waals surface area contributed by atoms with E-state index in [0.717, 1.165) is 0 Å². The molecule has 4 N–H and O–H groups in total. The fourth-order valence-corrected chi connectivity index (χ4v) is 1.05. The third kappa shape index (κ3) is 1.88. The molecule has 1 rings (SSSR count). The van der Waals surface area contributed by atoms with Crippen molar-refractivity contribution in [3.8, 4) is 0 Å². The van der Waals surface area contributed by atoms with Crippen LogP contribution in [0.1, 0.15) is 6.42 Å². The average molecular weight is 164 g/mol. The zero-order valence-electron chi connectivity index (χ0n) is 5.92. The topological polar surface area (TPSA) is 90.2 Å². The van der Waals surface area contributed by atoms with Gasteiger partial charge in [-0.1, -0.05) is 0 Å². The smallest absolute Gasteiger partial charge is 0.183 e. The van der Waals surface area contributed by atoms with E-state index < -0.39 is 24.6 Å². The van der Waals surface area contributed by atoms with Gasteiger partial charge < -0.3 is 25.2 Å². The summed E-state index contributed by atoms with van der Waals surface area (Å²) >= 11 is 0. The van der Waals surface area contributed by atoms with Gasteiger partial charge in [0, 0.05) is 6.42 Å². The van der Waals surface area contributed by atoms with Crippen molar-refractivity contribution in [3.05, 3.63) is 0 Å². The highest BCUT2D eigenvalue weighted by molar-refractivity contribution is 4.79. The van der Waals surface area contributed by atoms with E-state index in [1.54, 1.807) is 0 Å². The molecule has 0 radical (unpaired) electrons. The lowest BCUT2D eigenvalue weighted by Crippen LogP contribution is -2.49. The molecule has 1 saturated heterocycles. The van der Waals surface area contributed by atoms with Crippen molar-refractivity contribution in [2.45, 2.75) is 31.0 Å². The van der Waals surface area contributed by atoms with Crippen LogP contribution in [0.2, 0.25) is 0 Å². The Kier molecular flexibility index (Phi) is 2.80. The molecule has 1 aliphatic rings. The summed E-state index contributed by atoms with van der Waals surface area (Å²) in [4.78, 5) is 0. The highest BCUT2D eigenvalue weighted by Gasteiger charge is 2.34. The fraction of sp³-hybridized carbons (Fsp3) is 1.00. The first-order valence-corrected chi connectivity index (χ1v) is 3.45. The van der Waals surface area contributed by atoms with Gasteiger partial charge in [-0.2, -0.15) is 0 Å². The van der Waals surface area contributed by atoms with E-state index in [1.807, 2.05) is 0 Å². The predicted octanol–water partition coefficient (Wildman–Crippen LogP) is -2.19. The number of rotatable bonds is 1. The van der Waals surface area contributed by atoms with Crippen LogP contribution in [-0.4, -0.2) is 51.6 Å². The molecule has 5 heteroatoms. The van der Waals surface area contributed by atoms with Gasteiger partial charge >= 0.3 is 0 Å². The third-order valence-electron chi connectivity index (χ3n) is 1.73. The van der Waals surface area contributed by atoms with Gasteiger partial charge in [0.15, 0.2) is 6.29 Å². The van der Waals surface area contributed by atoms with E-state index in [9.17, 15) is 0 Å². The number of ether oxygens (including phenoxy) is 1. The second kappa shape index (κ2) is 3.46. The number of aliphatic hydroxyl groups excluding tert-OH is 4. The summed E-state index contributed by atoms with van der Waals surface area (Å²) in [5.74, 6) is 0. The molecule has 4 atom stereocenters. The second-order valence-corrected chi connectivity index (χ2v) is 2.62. The third-order valence-corrected chi connectivity index (χ3v) is 1.73. The minimum Gasteiger partial charge on any atom is -0.394 e. The molecule has 66 valence electrons. The van der Waals surface area contributed by atoms with E-state index in [1.165, 1.54) is 0 Å². The normalized spacial score (nSPS) is 45.8. The van der Waals surface area contributed by atoms with Gasteiger partial charge in [-0.3, -0.25) is 0 Å². The Morgan fingerprint density at radius 3 is 2.36 bits per heavy atom. The minimum atomic E-state index is -1.39. The summed E-state index contributed by atoms with van der Waals surface area (Å²) in [7, 11) is 0. The van der Waals surface area contributed by atoms with Crippen LogP contribution in [0, 0.1) is 0 Å². The zero-order chi connectivity index (χ0) is 8.43. The molecule has 1 fully saturated rings. The monoisotopic (exact) mass is 164 g/mol. The van der Waals surface area contributed by atoms with Gasteiger partial charge in [-0.05, 0) is 0 Å². The Labute approximate surface area is 63.8 Å². The molecule has 1 heterocycles. The maximum Gasteiger partial charge on any atom is 0.183 e. The van der Waals surface area contributed by atoms with Crippen LogP contribution in [0.5, 0.6) is 0 Å². The molecule has 0 amide bonds. The van der Waals surface area contributed by atoms with Crippen LogP contribution in [0.4, 0.5) is 0 Å². The van der Waals surface area contributed by atoms with E-state index in [-0.39, 0.29) is 13.0 Å². The van der Waals surface area contributed by atoms with Crippen molar-refractivity contribution in [2.75, 3.05) is 6.61 Å². The van der Waals surface area contributed by atoms with Gasteiger partial charge in [0.2, 0.25) is 0 Å². The molecule has 1 aliphatic heterocycles. The Morgan fingerprint density at radius 2 is 1.91 bits per heavy atom. The first-order valence-electron chi connectivity index (χ1n) is 3.45. The van der Waals surface area contributed by atoms with Crippen molar-refractivity contribution in [2.24, 2.45) is 0 Å². The summed E-state index contributed by atoms with van der Waals surface area (Å²) in [6, 6.07) is 0. The Morgan fingerprint density at radius 1 is 1.27 bits per heavy atom. The molecule has 0 saturated carbocycles. The molecule has 0 aromatic rings. The maximum absolute atomic E-state index is 9.05. The Bertz CT molecular complexity index is 116. The molecule has 0 aromatic heterocycles. The van der Waals surface area contributed by atoms with Gasteiger partial charge in [-0.15, -0.1) is 0 Å². The molecule has 0 aliphatic carbocycles. The van der Waals surface area contributed by atoms with Crippen molar-refractivity contribution in [3.63, 3.8) is 0 Å². The van der Waals surface area contributed by atoms with Crippen molar-refractivity contribution < 1.29 is 25.2 Å². The SMILES string of the molecule is OC[C@@H]1C[C@@H](O)[C@H](O)[C@@H](O)O1. The molecule has 0 bridgehead atoms. The minimum absolute atomic E-state index is 0.148. The summed E-state index contributed by atoms with van der Waals surface area (Å²) in [6.45, 7) is -0.263. The number of hydrogen-bond acceptors (Lipinski definition) is 5. The lowest BCUT2D eigenvalue weighted by molar-refractivity contribution is -0.251. The lowest BCUT2D eigenvalue weighted by Gasteiger charge is -2.33. The van der Waals surface area contributed by atoms with Crippen LogP contribution >= 0.6 is 0 Å². The average Bonchev–Trinajstić information content (AvgIpc) is 1.99. The molecular weight excluding hydrogens is 152 g/mol. The fourth-order valence-electron chi connectivity index (χ4n) is 1.05. The quantitative estimate of drug-likeness (QED) is 0.353. The summed E-state index contributed by atoms with van der Waals surface area (Å²) < 4.78 is 4.71. The van der Waals surface area contributed by atoms with E-state index >= 15 is 0 Å².